The molecule has 8 heteroatoms. The fourth-order valence-corrected chi connectivity index (χ4v) is 2.02. The number of benzene rings is 2. The fourth-order valence-electron chi connectivity index (χ4n) is 1.55. The second kappa shape index (κ2) is 8.16. The summed E-state index contributed by atoms with van der Waals surface area (Å²) in [5.41, 5.74) is 12.3. The van der Waals surface area contributed by atoms with E-state index in [9.17, 15) is 13.0 Å². The van der Waals surface area contributed by atoms with Crippen molar-refractivity contribution in [1.82, 2.24) is 0 Å². The standard InChI is InChI=1S/C8H11N3O.C7H8O3S/c1-12-7-4-2-6(3-5-7)11-8(9)10;1-6-2-4-7(5-3-6)11(8,9)10/h2-5H,1H3,(H4,9,10,11);2-5H,1H3,(H,8,9,10). The molecule has 2 aromatic rings. The SMILES string of the molecule is COc1ccc([NH+]=C(N)N)cc1.Cc1ccc(S(=O)(=O)[O-])cc1. The van der Waals surface area contributed by atoms with Crippen LogP contribution in [0.5, 0.6) is 5.75 Å². The summed E-state index contributed by atoms with van der Waals surface area (Å²) in [5.74, 6) is 0.983. The van der Waals surface area contributed by atoms with Crippen molar-refractivity contribution in [3.05, 3.63) is 54.1 Å². The zero-order chi connectivity index (χ0) is 17.5. The van der Waals surface area contributed by atoms with Crippen LogP contribution in [0.2, 0.25) is 0 Å². The molecule has 0 amide bonds. The van der Waals surface area contributed by atoms with Crippen molar-refractivity contribution in [1.29, 1.82) is 0 Å². The van der Waals surface area contributed by atoms with Crippen molar-refractivity contribution in [3.8, 4) is 5.75 Å². The van der Waals surface area contributed by atoms with E-state index < -0.39 is 10.1 Å². The van der Waals surface area contributed by atoms with Crippen molar-refractivity contribution in [3.63, 3.8) is 0 Å². The van der Waals surface area contributed by atoms with E-state index in [0.717, 1.165) is 17.0 Å². The van der Waals surface area contributed by atoms with E-state index in [4.69, 9.17) is 16.2 Å². The minimum Gasteiger partial charge on any atom is -0.744 e. The lowest BCUT2D eigenvalue weighted by atomic mass is 10.2. The van der Waals surface area contributed by atoms with Crippen molar-refractivity contribution in [2.24, 2.45) is 11.5 Å². The topological polar surface area (TPSA) is 132 Å². The van der Waals surface area contributed by atoms with Gasteiger partial charge >= 0.3 is 5.96 Å². The van der Waals surface area contributed by atoms with Gasteiger partial charge in [0.15, 0.2) is 0 Å². The maximum absolute atomic E-state index is 10.4. The third kappa shape index (κ3) is 6.81. The first-order chi connectivity index (χ1) is 10.7. The van der Waals surface area contributed by atoms with Crippen LogP contribution < -0.4 is 21.2 Å². The molecule has 0 radical (unpaired) electrons. The molecule has 7 nitrogen and oxygen atoms in total. The molecule has 124 valence electrons. The van der Waals surface area contributed by atoms with E-state index in [1.165, 1.54) is 12.1 Å². The Labute approximate surface area is 135 Å². The molecule has 0 fully saturated rings. The van der Waals surface area contributed by atoms with Crippen LogP contribution in [0.4, 0.5) is 5.69 Å². The average Bonchev–Trinajstić information content (AvgIpc) is 2.47. The van der Waals surface area contributed by atoms with Gasteiger partial charge in [-0.2, -0.15) is 0 Å². The van der Waals surface area contributed by atoms with Gasteiger partial charge in [-0.3, -0.25) is 11.5 Å². The Morgan fingerprint density at radius 3 is 1.96 bits per heavy atom. The lowest BCUT2D eigenvalue weighted by Gasteiger charge is -2.05. The summed E-state index contributed by atoms with van der Waals surface area (Å²) in [4.78, 5) is 2.60. The van der Waals surface area contributed by atoms with Crippen molar-refractivity contribution < 1.29 is 22.7 Å². The Morgan fingerprint density at radius 1 is 1.04 bits per heavy atom. The average molecular weight is 337 g/mol. The van der Waals surface area contributed by atoms with Gasteiger partial charge in [0.05, 0.1) is 17.7 Å². The Hall–Kier alpha value is -2.58. The van der Waals surface area contributed by atoms with Crippen LogP contribution in [0.15, 0.2) is 53.4 Å². The Balaban J connectivity index is 0.000000231. The van der Waals surface area contributed by atoms with Gasteiger partial charge in [0.25, 0.3) is 0 Å². The molecular formula is C15H19N3O4S. The number of hydrogen-bond donors (Lipinski definition) is 3. The minimum atomic E-state index is -4.27. The van der Waals surface area contributed by atoms with E-state index in [0.29, 0.717) is 0 Å². The first kappa shape index (κ1) is 18.5. The fraction of sp³-hybridized carbons (Fsp3) is 0.133. The highest BCUT2D eigenvalue weighted by molar-refractivity contribution is 7.85. The summed E-state index contributed by atoms with van der Waals surface area (Å²) < 4.78 is 36.1. The summed E-state index contributed by atoms with van der Waals surface area (Å²) in [6.45, 7) is 1.82. The number of guanidine groups is 1. The van der Waals surface area contributed by atoms with Crippen molar-refractivity contribution >= 4 is 21.8 Å². The van der Waals surface area contributed by atoms with Gasteiger partial charge in [0.2, 0.25) is 0 Å². The van der Waals surface area contributed by atoms with E-state index in [1.54, 1.807) is 19.2 Å². The predicted octanol–water partition coefficient (Wildman–Crippen LogP) is -0.420. The third-order valence-electron chi connectivity index (χ3n) is 2.69. The summed E-state index contributed by atoms with van der Waals surface area (Å²) in [6, 6.07) is 13.1. The zero-order valence-electron chi connectivity index (χ0n) is 12.8. The van der Waals surface area contributed by atoms with E-state index >= 15 is 0 Å². The first-order valence-corrected chi connectivity index (χ1v) is 7.94. The lowest BCUT2D eigenvalue weighted by Crippen LogP contribution is -2.72. The quantitative estimate of drug-likeness (QED) is 0.396. The molecule has 2 rings (SSSR count). The molecule has 23 heavy (non-hydrogen) atoms. The smallest absolute Gasteiger partial charge is 0.343 e. The highest BCUT2D eigenvalue weighted by Gasteiger charge is 1.97. The molecule has 0 aromatic heterocycles. The van der Waals surface area contributed by atoms with Gasteiger partial charge in [-0.05, 0) is 43.3 Å². The molecule has 0 aliphatic rings. The number of nitrogens with one attached hydrogen (secondary N) is 1. The normalized spacial score (nSPS) is 10.2. The minimum absolute atomic E-state index is 0.178. The van der Waals surface area contributed by atoms with Crippen LogP contribution in [0.1, 0.15) is 5.56 Å². The van der Waals surface area contributed by atoms with Gasteiger partial charge in [-0.1, -0.05) is 17.7 Å². The largest absolute Gasteiger partial charge is 0.744 e. The molecule has 2 aromatic carbocycles. The lowest BCUT2D eigenvalue weighted by molar-refractivity contribution is -0.356. The second-order valence-electron chi connectivity index (χ2n) is 4.58. The van der Waals surface area contributed by atoms with Gasteiger partial charge in [0, 0.05) is 0 Å². The molecular weight excluding hydrogens is 318 g/mol. The van der Waals surface area contributed by atoms with Crippen LogP contribution in [0.3, 0.4) is 0 Å². The number of methoxy groups -OCH3 is 1. The molecule has 0 spiro atoms. The van der Waals surface area contributed by atoms with Gasteiger partial charge < -0.3 is 9.29 Å². The van der Waals surface area contributed by atoms with Gasteiger partial charge in [0.1, 0.15) is 15.9 Å². The highest BCUT2D eigenvalue weighted by Crippen LogP contribution is 2.10. The van der Waals surface area contributed by atoms with Crippen LogP contribution in [-0.4, -0.2) is 26.0 Å². The molecule has 0 saturated heterocycles. The third-order valence-corrected chi connectivity index (χ3v) is 3.54. The predicted molar refractivity (Wildman–Crippen MR) is 86.1 cm³/mol. The molecule has 5 N–H and O–H groups in total. The number of hydrogen-bond acceptors (Lipinski definition) is 4. The number of rotatable bonds is 3. The number of ether oxygens (including phenoxy) is 1. The maximum atomic E-state index is 10.4. The Bertz CT molecular complexity index is 750. The zero-order valence-corrected chi connectivity index (χ0v) is 13.6. The van der Waals surface area contributed by atoms with Crippen LogP contribution in [-0.2, 0) is 10.1 Å². The summed E-state index contributed by atoms with van der Waals surface area (Å²) >= 11 is 0. The highest BCUT2D eigenvalue weighted by atomic mass is 32.2. The van der Waals surface area contributed by atoms with E-state index in [1.807, 2.05) is 31.2 Å². The van der Waals surface area contributed by atoms with E-state index in [-0.39, 0.29) is 10.9 Å². The molecule has 0 heterocycles. The molecule has 0 saturated carbocycles. The van der Waals surface area contributed by atoms with Crippen LogP contribution >= 0.6 is 0 Å². The summed E-state index contributed by atoms with van der Waals surface area (Å²) in [6.07, 6.45) is 0. The molecule has 0 unspecified atom stereocenters. The van der Waals surface area contributed by atoms with E-state index in [2.05, 4.69) is 4.99 Å². The van der Waals surface area contributed by atoms with Crippen molar-refractivity contribution in [2.45, 2.75) is 11.8 Å². The summed E-state index contributed by atoms with van der Waals surface area (Å²) in [5, 5.41) is 0. The molecule has 0 aliphatic carbocycles. The van der Waals surface area contributed by atoms with Crippen molar-refractivity contribution in [2.75, 3.05) is 7.11 Å². The number of nitrogens with two attached hydrogens (primary N) is 2. The first-order valence-electron chi connectivity index (χ1n) is 6.54. The van der Waals surface area contributed by atoms with Gasteiger partial charge in [-0.15, -0.1) is 0 Å². The Kier molecular flexibility index (Phi) is 6.55. The number of aryl methyl sites for hydroxylation is 1. The summed E-state index contributed by atoms with van der Waals surface area (Å²) in [7, 11) is -2.65. The second-order valence-corrected chi connectivity index (χ2v) is 5.96. The molecule has 0 bridgehead atoms. The molecule has 0 atom stereocenters. The monoisotopic (exact) mass is 337 g/mol. The molecule has 0 aliphatic heterocycles. The Morgan fingerprint density at radius 2 is 1.57 bits per heavy atom. The van der Waals surface area contributed by atoms with Crippen LogP contribution in [0.25, 0.3) is 0 Å². The van der Waals surface area contributed by atoms with Gasteiger partial charge in [-0.25, -0.2) is 13.4 Å². The maximum Gasteiger partial charge on any atom is 0.343 e. The van der Waals surface area contributed by atoms with Crippen LogP contribution in [0, 0.1) is 6.92 Å².